The maximum Gasteiger partial charge on any atom is 0.248 e. The first-order valence-electron chi connectivity index (χ1n) is 9.86. The van der Waals surface area contributed by atoms with Crippen LogP contribution in [0.3, 0.4) is 0 Å². The Balaban J connectivity index is 1.61. The van der Waals surface area contributed by atoms with Crippen molar-refractivity contribution in [3.05, 3.63) is 65.7 Å². The lowest BCUT2D eigenvalue weighted by Gasteiger charge is -2.18. The number of rotatable bonds is 5. The number of nitrogens with one attached hydrogen (secondary N) is 1. The number of amides is 1. The predicted octanol–water partition coefficient (Wildman–Crippen LogP) is 4.42. The van der Waals surface area contributed by atoms with Crippen LogP contribution in [0.4, 0.5) is 5.69 Å². The van der Waals surface area contributed by atoms with E-state index in [0.29, 0.717) is 18.8 Å². The summed E-state index contributed by atoms with van der Waals surface area (Å²) in [5.41, 5.74) is 2.83. The maximum absolute atomic E-state index is 12.5. The van der Waals surface area contributed by atoms with Gasteiger partial charge in [-0.25, -0.2) is 8.42 Å². The van der Waals surface area contributed by atoms with Crippen LogP contribution in [0.2, 0.25) is 0 Å². The fourth-order valence-corrected chi connectivity index (χ4v) is 4.75. The number of nitrogens with zero attached hydrogens (tertiary/aromatic N) is 1. The summed E-state index contributed by atoms with van der Waals surface area (Å²) >= 11 is 0. The van der Waals surface area contributed by atoms with Gasteiger partial charge in [0.1, 0.15) is 0 Å². The Hall–Kier alpha value is -2.44. The van der Waals surface area contributed by atoms with Gasteiger partial charge in [0.05, 0.1) is 4.90 Å². The van der Waals surface area contributed by atoms with Crippen molar-refractivity contribution in [2.75, 3.05) is 18.4 Å². The number of anilines is 1. The summed E-state index contributed by atoms with van der Waals surface area (Å²) < 4.78 is 26.6. The average molecular weight is 413 g/mol. The highest BCUT2D eigenvalue weighted by atomic mass is 32.2. The summed E-state index contributed by atoms with van der Waals surface area (Å²) in [6.45, 7) is 7.62. The zero-order valence-corrected chi connectivity index (χ0v) is 18.0. The summed E-state index contributed by atoms with van der Waals surface area (Å²) in [5, 5.41) is 2.76. The summed E-state index contributed by atoms with van der Waals surface area (Å²) in [6, 6.07) is 14.4. The van der Waals surface area contributed by atoms with E-state index in [-0.39, 0.29) is 16.2 Å². The van der Waals surface area contributed by atoms with E-state index >= 15 is 0 Å². The van der Waals surface area contributed by atoms with Crippen LogP contribution in [0.25, 0.3) is 6.08 Å². The molecule has 1 heterocycles. The lowest BCUT2D eigenvalue weighted by atomic mass is 9.87. The highest BCUT2D eigenvalue weighted by Gasteiger charge is 2.26. The molecule has 2 aromatic carbocycles. The molecule has 1 aliphatic rings. The number of hydrogen-bond acceptors (Lipinski definition) is 3. The Kier molecular flexibility index (Phi) is 6.24. The minimum atomic E-state index is -3.44. The van der Waals surface area contributed by atoms with Crippen LogP contribution >= 0.6 is 0 Å². The van der Waals surface area contributed by atoms with Crippen LogP contribution in [0.1, 0.15) is 44.7 Å². The van der Waals surface area contributed by atoms with E-state index in [2.05, 4.69) is 38.2 Å². The van der Waals surface area contributed by atoms with Crippen molar-refractivity contribution in [2.24, 2.45) is 0 Å². The quantitative estimate of drug-likeness (QED) is 0.739. The first-order valence-corrected chi connectivity index (χ1v) is 11.3. The molecule has 1 aliphatic heterocycles. The van der Waals surface area contributed by atoms with Gasteiger partial charge >= 0.3 is 0 Å². The molecule has 0 spiro atoms. The monoisotopic (exact) mass is 412 g/mol. The number of carbonyl (C=O) groups excluding carboxylic acids is 1. The van der Waals surface area contributed by atoms with Crippen molar-refractivity contribution in [3.63, 3.8) is 0 Å². The number of benzene rings is 2. The van der Waals surface area contributed by atoms with Crippen LogP contribution in [-0.4, -0.2) is 31.7 Å². The van der Waals surface area contributed by atoms with Crippen LogP contribution in [0.15, 0.2) is 59.5 Å². The topological polar surface area (TPSA) is 66.5 Å². The molecule has 29 heavy (non-hydrogen) atoms. The molecule has 1 saturated heterocycles. The molecular weight excluding hydrogens is 384 g/mol. The van der Waals surface area contributed by atoms with Gasteiger partial charge in [0, 0.05) is 24.9 Å². The number of hydrogen-bond donors (Lipinski definition) is 1. The van der Waals surface area contributed by atoms with Gasteiger partial charge in [0.2, 0.25) is 15.9 Å². The number of sulfonamides is 1. The Morgan fingerprint density at radius 1 is 0.966 bits per heavy atom. The lowest BCUT2D eigenvalue weighted by Crippen LogP contribution is -2.27. The van der Waals surface area contributed by atoms with E-state index in [9.17, 15) is 13.2 Å². The van der Waals surface area contributed by atoms with E-state index in [0.717, 1.165) is 18.4 Å². The SMILES string of the molecule is CC(C)(C)c1ccc(/C=C/C(=O)Nc2ccc(S(=O)(=O)N3CCCC3)cc2)cc1. The lowest BCUT2D eigenvalue weighted by molar-refractivity contribution is -0.111. The van der Waals surface area contributed by atoms with Gasteiger partial charge in [-0.05, 0) is 59.7 Å². The molecule has 1 fully saturated rings. The highest BCUT2D eigenvalue weighted by Crippen LogP contribution is 2.23. The molecule has 6 heteroatoms. The molecule has 0 aromatic heterocycles. The number of carbonyl (C=O) groups is 1. The third-order valence-electron chi connectivity index (χ3n) is 5.03. The van der Waals surface area contributed by atoms with E-state index < -0.39 is 10.0 Å². The van der Waals surface area contributed by atoms with Crippen molar-refractivity contribution >= 4 is 27.7 Å². The molecular formula is C23H28N2O3S. The van der Waals surface area contributed by atoms with Gasteiger partial charge in [0.15, 0.2) is 0 Å². The zero-order chi connectivity index (χ0) is 21.1. The van der Waals surface area contributed by atoms with Gasteiger partial charge in [-0.15, -0.1) is 0 Å². The minimum absolute atomic E-state index is 0.0913. The molecule has 0 unspecified atom stereocenters. The second kappa shape index (κ2) is 8.51. The van der Waals surface area contributed by atoms with E-state index in [1.807, 2.05) is 12.1 Å². The van der Waals surface area contributed by atoms with Gasteiger partial charge in [-0.2, -0.15) is 4.31 Å². The molecule has 0 bridgehead atoms. The Bertz CT molecular complexity index is 980. The molecule has 1 amide bonds. The van der Waals surface area contributed by atoms with Crippen molar-refractivity contribution in [1.29, 1.82) is 0 Å². The molecule has 0 aliphatic carbocycles. The summed E-state index contributed by atoms with van der Waals surface area (Å²) in [4.78, 5) is 12.4. The molecule has 154 valence electrons. The van der Waals surface area contributed by atoms with Gasteiger partial charge < -0.3 is 5.32 Å². The fourth-order valence-electron chi connectivity index (χ4n) is 3.24. The second-order valence-corrected chi connectivity index (χ2v) is 10.3. The molecule has 5 nitrogen and oxygen atoms in total. The second-order valence-electron chi connectivity index (χ2n) is 8.33. The van der Waals surface area contributed by atoms with Crippen molar-refractivity contribution in [2.45, 2.75) is 43.9 Å². The predicted molar refractivity (Wildman–Crippen MR) is 117 cm³/mol. The summed E-state index contributed by atoms with van der Waals surface area (Å²) in [6.07, 6.45) is 5.03. The third-order valence-corrected chi connectivity index (χ3v) is 6.94. The Labute approximate surface area is 173 Å². The molecule has 0 saturated carbocycles. The first kappa shape index (κ1) is 21.3. The fraction of sp³-hybridized carbons (Fsp3) is 0.348. The average Bonchev–Trinajstić information content (AvgIpc) is 3.22. The van der Waals surface area contributed by atoms with Crippen molar-refractivity contribution < 1.29 is 13.2 Å². The molecule has 0 radical (unpaired) electrons. The Morgan fingerprint density at radius 3 is 2.10 bits per heavy atom. The van der Waals surface area contributed by atoms with Crippen molar-refractivity contribution in [3.8, 4) is 0 Å². The standard InChI is InChI=1S/C23H28N2O3S/c1-23(2,3)19-9-6-18(7-10-19)8-15-22(26)24-20-11-13-21(14-12-20)29(27,28)25-16-4-5-17-25/h6-15H,4-5,16-17H2,1-3H3,(H,24,26)/b15-8+. The van der Waals surface area contributed by atoms with Crippen LogP contribution in [-0.2, 0) is 20.2 Å². The molecule has 0 atom stereocenters. The smallest absolute Gasteiger partial charge is 0.248 e. The van der Waals surface area contributed by atoms with E-state index in [1.54, 1.807) is 18.2 Å². The Morgan fingerprint density at radius 2 is 1.55 bits per heavy atom. The summed E-state index contributed by atoms with van der Waals surface area (Å²) in [7, 11) is -3.44. The molecule has 3 rings (SSSR count). The third kappa shape index (κ3) is 5.34. The van der Waals surface area contributed by atoms with E-state index in [1.165, 1.54) is 28.1 Å². The van der Waals surface area contributed by atoms with Gasteiger partial charge in [0.25, 0.3) is 0 Å². The van der Waals surface area contributed by atoms with Gasteiger partial charge in [-0.1, -0.05) is 45.0 Å². The normalized spacial score (nSPS) is 15.7. The largest absolute Gasteiger partial charge is 0.323 e. The van der Waals surface area contributed by atoms with E-state index in [4.69, 9.17) is 0 Å². The van der Waals surface area contributed by atoms with Gasteiger partial charge in [-0.3, -0.25) is 4.79 Å². The molecule has 2 aromatic rings. The zero-order valence-electron chi connectivity index (χ0n) is 17.2. The van der Waals surface area contributed by atoms with Crippen LogP contribution < -0.4 is 5.32 Å². The first-order chi connectivity index (χ1) is 13.7. The van der Waals surface area contributed by atoms with Crippen LogP contribution in [0.5, 0.6) is 0 Å². The molecule has 1 N–H and O–H groups in total. The van der Waals surface area contributed by atoms with Crippen molar-refractivity contribution in [1.82, 2.24) is 4.31 Å². The maximum atomic E-state index is 12.5. The highest BCUT2D eigenvalue weighted by molar-refractivity contribution is 7.89. The minimum Gasteiger partial charge on any atom is -0.323 e. The summed E-state index contributed by atoms with van der Waals surface area (Å²) in [5.74, 6) is -0.264. The van der Waals surface area contributed by atoms with Crippen LogP contribution in [0, 0.1) is 0 Å².